The average Bonchev–Trinajstić information content (AvgIpc) is 2.63. The van der Waals surface area contributed by atoms with E-state index in [2.05, 4.69) is 15.6 Å². The van der Waals surface area contributed by atoms with Crippen LogP contribution < -0.4 is 20.1 Å². The summed E-state index contributed by atoms with van der Waals surface area (Å²) in [7, 11) is 3.55. The molecule has 1 aromatic rings. The first-order valence-electron chi connectivity index (χ1n) is 9.17. The van der Waals surface area contributed by atoms with Gasteiger partial charge in [-0.1, -0.05) is 18.0 Å². The van der Waals surface area contributed by atoms with Gasteiger partial charge in [0, 0.05) is 33.9 Å². The van der Waals surface area contributed by atoms with Gasteiger partial charge < -0.3 is 24.8 Å². The minimum atomic E-state index is 0.341. The van der Waals surface area contributed by atoms with Gasteiger partial charge >= 0.3 is 0 Å². The third-order valence-electron chi connectivity index (χ3n) is 5.22. The summed E-state index contributed by atoms with van der Waals surface area (Å²) in [5.74, 6) is 2.13. The molecule has 2 aliphatic rings. The molecule has 7 heteroatoms. The van der Waals surface area contributed by atoms with Crippen LogP contribution in [-0.4, -0.2) is 46.5 Å². The van der Waals surface area contributed by atoms with E-state index in [4.69, 9.17) is 25.8 Å². The molecule has 0 atom stereocenters. The maximum absolute atomic E-state index is 6.30. The minimum Gasteiger partial charge on any atom is -0.486 e. The Bertz CT molecular complexity index is 647. The lowest BCUT2D eigenvalue weighted by Crippen LogP contribution is -2.46. The number of hydrogen-bond donors (Lipinski definition) is 2. The topological polar surface area (TPSA) is 64.1 Å². The minimum absolute atomic E-state index is 0.341. The summed E-state index contributed by atoms with van der Waals surface area (Å²) in [4.78, 5) is 4.33. The summed E-state index contributed by atoms with van der Waals surface area (Å²) in [6, 6.07) is 3.87. The van der Waals surface area contributed by atoms with Crippen molar-refractivity contribution in [1.82, 2.24) is 10.6 Å². The van der Waals surface area contributed by atoms with Crippen molar-refractivity contribution in [2.45, 2.75) is 32.2 Å². The van der Waals surface area contributed by atoms with Gasteiger partial charge in [0.2, 0.25) is 0 Å². The van der Waals surface area contributed by atoms with Crippen molar-refractivity contribution >= 4 is 17.6 Å². The standard InChI is InChI=1S/C19H28ClN3O3/c1-21-18(23-13-19(4-3-5-19)6-7-24-2)22-12-14-10-15(20)17-16(11-14)25-8-9-26-17/h10-11H,3-9,12-13H2,1-2H3,(H2,21,22,23). The van der Waals surface area contributed by atoms with Gasteiger partial charge in [-0.2, -0.15) is 0 Å². The smallest absolute Gasteiger partial charge is 0.191 e. The van der Waals surface area contributed by atoms with E-state index < -0.39 is 0 Å². The van der Waals surface area contributed by atoms with E-state index in [9.17, 15) is 0 Å². The molecule has 144 valence electrons. The quantitative estimate of drug-likeness (QED) is 0.561. The van der Waals surface area contributed by atoms with E-state index in [1.54, 1.807) is 14.2 Å². The first kappa shape index (κ1) is 19.1. The highest BCUT2D eigenvalue weighted by Gasteiger charge is 2.36. The zero-order valence-corrected chi connectivity index (χ0v) is 16.3. The van der Waals surface area contributed by atoms with E-state index in [1.165, 1.54) is 19.3 Å². The second-order valence-corrected chi connectivity index (χ2v) is 7.38. The summed E-state index contributed by atoms with van der Waals surface area (Å²) < 4.78 is 16.5. The largest absolute Gasteiger partial charge is 0.486 e. The van der Waals surface area contributed by atoms with Crippen molar-refractivity contribution in [2.24, 2.45) is 10.4 Å². The van der Waals surface area contributed by atoms with E-state index >= 15 is 0 Å². The Kier molecular flexibility index (Phi) is 6.48. The summed E-state index contributed by atoms with van der Waals surface area (Å²) in [6.07, 6.45) is 4.88. The molecule has 0 spiro atoms. The van der Waals surface area contributed by atoms with Crippen molar-refractivity contribution in [3.63, 3.8) is 0 Å². The highest BCUT2D eigenvalue weighted by Crippen LogP contribution is 2.43. The summed E-state index contributed by atoms with van der Waals surface area (Å²) in [5, 5.41) is 7.39. The maximum atomic E-state index is 6.30. The molecule has 0 bridgehead atoms. The molecule has 26 heavy (non-hydrogen) atoms. The van der Waals surface area contributed by atoms with Crippen LogP contribution in [0.1, 0.15) is 31.2 Å². The zero-order valence-electron chi connectivity index (χ0n) is 15.6. The first-order chi connectivity index (χ1) is 12.7. The molecule has 1 aromatic carbocycles. The third kappa shape index (κ3) is 4.54. The number of guanidine groups is 1. The predicted octanol–water partition coefficient (Wildman–Crippen LogP) is 2.98. The molecule has 6 nitrogen and oxygen atoms in total. The van der Waals surface area contributed by atoms with Gasteiger partial charge in [0.05, 0.1) is 5.02 Å². The summed E-state index contributed by atoms with van der Waals surface area (Å²) >= 11 is 6.30. The number of nitrogens with one attached hydrogen (secondary N) is 2. The van der Waals surface area contributed by atoms with Gasteiger partial charge in [-0.25, -0.2) is 0 Å². The number of rotatable bonds is 7. The second-order valence-electron chi connectivity index (χ2n) is 6.98. The van der Waals surface area contributed by atoms with Crippen LogP contribution in [0.15, 0.2) is 17.1 Å². The van der Waals surface area contributed by atoms with E-state index in [0.29, 0.717) is 41.7 Å². The fraction of sp³-hybridized carbons (Fsp3) is 0.632. The van der Waals surface area contributed by atoms with Crippen molar-refractivity contribution in [1.29, 1.82) is 0 Å². The Morgan fingerprint density at radius 1 is 1.27 bits per heavy atom. The Morgan fingerprint density at radius 2 is 2.08 bits per heavy atom. The number of hydrogen-bond acceptors (Lipinski definition) is 4. The number of fused-ring (bicyclic) bond motifs is 1. The number of benzene rings is 1. The highest BCUT2D eigenvalue weighted by molar-refractivity contribution is 6.32. The average molecular weight is 382 g/mol. The molecule has 0 amide bonds. The number of ether oxygens (including phenoxy) is 3. The van der Waals surface area contributed by atoms with Crippen LogP contribution in [0.5, 0.6) is 11.5 Å². The molecule has 1 heterocycles. The lowest BCUT2D eigenvalue weighted by molar-refractivity contribution is 0.0732. The van der Waals surface area contributed by atoms with Crippen LogP contribution in [0.25, 0.3) is 0 Å². The van der Waals surface area contributed by atoms with Crippen LogP contribution in [0.2, 0.25) is 5.02 Å². The number of nitrogens with zero attached hydrogens (tertiary/aromatic N) is 1. The Balaban J connectivity index is 1.54. The van der Waals surface area contributed by atoms with Crippen LogP contribution in [0.3, 0.4) is 0 Å². The molecule has 2 N–H and O–H groups in total. The van der Waals surface area contributed by atoms with Gasteiger partial charge in [0.15, 0.2) is 17.5 Å². The summed E-state index contributed by atoms with van der Waals surface area (Å²) in [5.41, 5.74) is 1.37. The summed E-state index contributed by atoms with van der Waals surface area (Å²) in [6.45, 7) is 3.42. The molecule has 1 fully saturated rings. The molecular weight excluding hydrogens is 354 g/mol. The van der Waals surface area contributed by atoms with Crippen LogP contribution in [0, 0.1) is 5.41 Å². The normalized spacial score (nSPS) is 18.2. The van der Waals surface area contributed by atoms with Gasteiger partial charge in [-0.05, 0) is 42.4 Å². The van der Waals surface area contributed by atoms with E-state index in [1.807, 2.05) is 12.1 Å². The third-order valence-corrected chi connectivity index (χ3v) is 5.50. The monoisotopic (exact) mass is 381 g/mol. The fourth-order valence-electron chi connectivity index (χ4n) is 3.45. The Hall–Kier alpha value is -1.66. The molecular formula is C19H28ClN3O3. The molecule has 0 unspecified atom stereocenters. The van der Waals surface area contributed by atoms with E-state index in [-0.39, 0.29) is 0 Å². The van der Waals surface area contributed by atoms with Gasteiger partial charge in [0.1, 0.15) is 13.2 Å². The molecule has 1 aliphatic heterocycles. The number of halogens is 1. The molecule has 0 aromatic heterocycles. The molecule has 1 aliphatic carbocycles. The maximum Gasteiger partial charge on any atom is 0.191 e. The first-order valence-corrected chi connectivity index (χ1v) is 9.55. The highest BCUT2D eigenvalue weighted by atomic mass is 35.5. The zero-order chi connectivity index (χ0) is 18.4. The van der Waals surface area contributed by atoms with Crippen LogP contribution in [-0.2, 0) is 11.3 Å². The second kappa shape index (κ2) is 8.82. The van der Waals surface area contributed by atoms with Gasteiger partial charge in [0.25, 0.3) is 0 Å². The molecule has 0 radical (unpaired) electrons. The van der Waals surface area contributed by atoms with Crippen LogP contribution >= 0.6 is 11.6 Å². The van der Waals surface area contributed by atoms with Gasteiger partial charge in [-0.15, -0.1) is 0 Å². The fourth-order valence-corrected chi connectivity index (χ4v) is 3.74. The van der Waals surface area contributed by atoms with Crippen molar-refractivity contribution in [3.05, 3.63) is 22.7 Å². The van der Waals surface area contributed by atoms with Crippen molar-refractivity contribution in [3.8, 4) is 11.5 Å². The predicted molar refractivity (Wildman–Crippen MR) is 103 cm³/mol. The van der Waals surface area contributed by atoms with Crippen molar-refractivity contribution < 1.29 is 14.2 Å². The molecule has 1 saturated carbocycles. The Labute approximate surface area is 160 Å². The number of methoxy groups -OCH3 is 1. The lowest BCUT2D eigenvalue weighted by Gasteiger charge is -2.42. The lowest BCUT2D eigenvalue weighted by atomic mass is 9.67. The molecule has 0 saturated heterocycles. The van der Waals surface area contributed by atoms with E-state index in [0.717, 1.165) is 31.1 Å². The number of aliphatic imine (C=N–C) groups is 1. The SMILES string of the molecule is CN=C(NCc1cc(Cl)c2c(c1)OCCO2)NCC1(CCOC)CCC1. The Morgan fingerprint density at radius 3 is 2.77 bits per heavy atom. The molecule has 3 rings (SSSR count). The van der Waals surface area contributed by atoms with Gasteiger partial charge in [-0.3, -0.25) is 4.99 Å². The van der Waals surface area contributed by atoms with Crippen LogP contribution in [0.4, 0.5) is 0 Å². The van der Waals surface area contributed by atoms with Crippen molar-refractivity contribution in [2.75, 3.05) is 40.5 Å².